The van der Waals surface area contributed by atoms with Crippen molar-refractivity contribution in [2.75, 3.05) is 13.7 Å². The molecule has 0 unspecified atom stereocenters. The lowest BCUT2D eigenvalue weighted by molar-refractivity contribution is -0.129. The van der Waals surface area contributed by atoms with Gasteiger partial charge in [0.05, 0.1) is 19.6 Å². The highest BCUT2D eigenvalue weighted by Gasteiger charge is 2.12. The monoisotopic (exact) mass is 288 g/mol. The lowest BCUT2D eigenvalue weighted by Crippen LogP contribution is -2.28. The van der Waals surface area contributed by atoms with Crippen molar-refractivity contribution in [3.63, 3.8) is 0 Å². The van der Waals surface area contributed by atoms with Crippen molar-refractivity contribution in [1.82, 2.24) is 20.1 Å². The summed E-state index contributed by atoms with van der Waals surface area (Å²) in [6, 6.07) is 7.58. The highest BCUT2D eigenvalue weighted by Crippen LogP contribution is 2.13. The number of benzene rings is 1. The maximum atomic E-state index is 12.2. The Morgan fingerprint density at radius 1 is 1.33 bits per heavy atom. The van der Waals surface area contributed by atoms with Gasteiger partial charge in [-0.2, -0.15) is 5.10 Å². The first kappa shape index (κ1) is 15.0. The smallest absolute Gasteiger partial charge is 0.227 e. The van der Waals surface area contributed by atoms with Crippen LogP contribution < -0.4 is 4.74 Å². The number of aromatic nitrogens is 3. The quantitative estimate of drug-likeness (QED) is 0.878. The van der Waals surface area contributed by atoms with Crippen molar-refractivity contribution < 1.29 is 9.53 Å². The summed E-state index contributed by atoms with van der Waals surface area (Å²) in [4.78, 5) is 18.0. The molecule has 0 saturated heterocycles. The van der Waals surface area contributed by atoms with E-state index in [1.54, 1.807) is 11.9 Å². The highest BCUT2D eigenvalue weighted by molar-refractivity contribution is 5.78. The van der Waals surface area contributed by atoms with Gasteiger partial charge in [-0.25, -0.2) is 4.98 Å². The van der Waals surface area contributed by atoms with E-state index in [0.29, 0.717) is 25.4 Å². The van der Waals surface area contributed by atoms with E-state index in [4.69, 9.17) is 4.74 Å². The van der Waals surface area contributed by atoms with Crippen LogP contribution in [0.3, 0.4) is 0 Å². The van der Waals surface area contributed by atoms with Crippen molar-refractivity contribution >= 4 is 5.91 Å². The number of aromatic amines is 1. The van der Waals surface area contributed by atoms with Gasteiger partial charge in [0.2, 0.25) is 5.91 Å². The Bertz CT molecular complexity index is 592. The average molecular weight is 288 g/mol. The molecule has 0 aliphatic heterocycles. The summed E-state index contributed by atoms with van der Waals surface area (Å²) in [5.41, 5.74) is 0.960. The number of carbonyl (C=O) groups excluding carboxylic acids is 1. The Labute approximate surface area is 124 Å². The maximum absolute atomic E-state index is 12.2. The Morgan fingerprint density at radius 2 is 2.05 bits per heavy atom. The molecule has 0 aliphatic rings. The van der Waals surface area contributed by atoms with Gasteiger partial charge in [-0.3, -0.25) is 9.89 Å². The number of amides is 1. The Hall–Kier alpha value is -2.37. The van der Waals surface area contributed by atoms with Crippen molar-refractivity contribution in [2.24, 2.45) is 0 Å². The molecule has 0 radical (unpaired) electrons. The zero-order chi connectivity index (χ0) is 15.2. The summed E-state index contributed by atoms with van der Waals surface area (Å²) in [6.07, 6.45) is 0.353. The summed E-state index contributed by atoms with van der Waals surface area (Å²) in [5, 5.41) is 6.80. The largest absolute Gasteiger partial charge is 0.494 e. The molecular weight excluding hydrogens is 268 g/mol. The van der Waals surface area contributed by atoms with E-state index in [9.17, 15) is 4.79 Å². The van der Waals surface area contributed by atoms with Crippen LogP contribution in [0.1, 0.15) is 24.1 Å². The second-order valence-electron chi connectivity index (χ2n) is 4.84. The molecule has 1 N–H and O–H groups in total. The predicted octanol–water partition coefficient (Wildman–Crippen LogP) is 1.71. The van der Waals surface area contributed by atoms with Gasteiger partial charge < -0.3 is 9.64 Å². The van der Waals surface area contributed by atoms with Gasteiger partial charge in [-0.15, -0.1) is 0 Å². The minimum Gasteiger partial charge on any atom is -0.494 e. The number of ether oxygens (including phenoxy) is 1. The second-order valence-corrected chi connectivity index (χ2v) is 4.84. The normalized spacial score (nSPS) is 10.4. The van der Waals surface area contributed by atoms with E-state index < -0.39 is 0 Å². The molecule has 1 aromatic carbocycles. The molecule has 0 saturated carbocycles. The van der Waals surface area contributed by atoms with Crippen LogP contribution in [-0.4, -0.2) is 39.6 Å². The molecule has 2 rings (SSSR count). The third-order valence-corrected chi connectivity index (χ3v) is 3.04. The third-order valence-electron chi connectivity index (χ3n) is 3.04. The van der Waals surface area contributed by atoms with Crippen LogP contribution in [0.2, 0.25) is 0 Å². The number of carbonyl (C=O) groups is 1. The lowest BCUT2D eigenvalue weighted by atomic mass is 10.1. The number of hydrogen-bond acceptors (Lipinski definition) is 4. The minimum absolute atomic E-state index is 0.0293. The maximum Gasteiger partial charge on any atom is 0.227 e. The van der Waals surface area contributed by atoms with Crippen molar-refractivity contribution in [1.29, 1.82) is 0 Å². The molecule has 6 nitrogen and oxygen atoms in total. The van der Waals surface area contributed by atoms with Gasteiger partial charge in [0, 0.05) is 7.05 Å². The molecule has 0 spiro atoms. The van der Waals surface area contributed by atoms with Crippen molar-refractivity contribution in [3.05, 3.63) is 41.5 Å². The van der Waals surface area contributed by atoms with E-state index in [1.165, 1.54) is 0 Å². The van der Waals surface area contributed by atoms with Gasteiger partial charge in [0.15, 0.2) is 5.82 Å². The third kappa shape index (κ3) is 4.30. The zero-order valence-corrected chi connectivity index (χ0v) is 12.6. The fourth-order valence-corrected chi connectivity index (χ4v) is 1.94. The SMILES string of the molecule is CCOc1ccc(CC(=O)N(C)Cc2n[nH]c(C)n2)cc1. The van der Waals surface area contributed by atoms with E-state index in [1.807, 2.05) is 38.1 Å². The summed E-state index contributed by atoms with van der Waals surface area (Å²) < 4.78 is 5.38. The van der Waals surface area contributed by atoms with Crippen LogP contribution in [0.25, 0.3) is 0 Å². The van der Waals surface area contributed by atoms with Crippen molar-refractivity contribution in [3.8, 4) is 5.75 Å². The van der Waals surface area contributed by atoms with Crippen LogP contribution in [0.5, 0.6) is 5.75 Å². The molecule has 2 aromatic rings. The number of H-pyrrole nitrogens is 1. The van der Waals surface area contributed by atoms with Crippen LogP contribution in [0.15, 0.2) is 24.3 Å². The first-order chi connectivity index (χ1) is 10.1. The molecule has 6 heteroatoms. The summed E-state index contributed by atoms with van der Waals surface area (Å²) in [7, 11) is 1.75. The molecule has 1 aromatic heterocycles. The number of aryl methyl sites for hydroxylation is 1. The number of nitrogens with zero attached hydrogens (tertiary/aromatic N) is 3. The zero-order valence-electron chi connectivity index (χ0n) is 12.6. The molecule has 0 atom stereocenters. The van der Waals surface area contributed by atoms with Crippen LogP contribution in [0.4, 0.5) is 0 Å². The molecule has 0 aliphatic carbocycles. The predicted molar refractivity (Wildman–Crippen MR) is 78.9 cm³/mol. The molecule has 1 heterocycles. The molecule has 0 bridgehead atoms. The Kier molecular flexibility index (Phi) is 4.92. The van der Waals surface area contributed by atoms with Gasteiger partial charge in [0.1, 0.15) is 11.6 Å². The van der Waals surface area contributed by atoms with Crippen molar-refractivity contribution in [2.45, 2.75) is 26.8 Å². The van der Waals surface area contributed by atoms with Crippen LogP contribution in [-0.2, 0) is 17.8 Å². The average Bonchev–Trinajstić information content (AvgIpc) is 2.86. The second kappa shape index (κ2) is 6.88. The molecule has 0 fully saturated rings. The van der Waals surface area contributed by atoms with E-state index in [0.717, 1.165) is 17.1 Å². The van der Waals surface area contributed by atoms with Gasteiger partial charge in [0.25, 0.3) is 0 Å². The number of hydrogen-bond donors (Lipinski definition) is 1. The topological polar surface area (TPSA) is 71.1 Å². The fourth-order valence-electron chi connectivity index (χ4n) is 1.94. The lowest BCUT2D eigenvalue weighted by Gasteiger charge is -2.15. The van der Waals surface area contributed by atoms with E-state index >= 15 is 0 Å². The van der Waals surface area contributed by atoms with E-state index in [-0.39, 0.29) is 5.91 Å². The Morgan fingerprint density at radius 3 is 2.62 bits per heavy atom. The summed E-state index contributed by atoms with van der Waals surface area (Å²) in [6.45, 7) is 4.81. The van der Waals surface area contributed by atoms with Gasteiger partial charge >= 0.3 is 0 Å². The van der Waals surface area contributed by atoms with Crippen LogP contribution in [0, 0.1) is 6.92 Å². The van der Waals surface area contributed by atoms with Gasteiger partial charge in [-0.05, 0) is 31.5 Å². The molecule has 112 valence electrons. The standard InChI is InChI=1S/C15H20N4O2/c1-4-21-13-7-5-12(6-8-13)9-15(20)19(3)10-14-16-11(2)17-18-14/h5-8H,4,9-10H2,1-3H3,(H,16,17,18). The highest BCUT2D eigenvalue weighted by atomic mass is 16.5. The summed E-state index contributed by atoms with van der Waals surface area (Å²) in [5.74, 6) is 2.22. The summed E-state index contributed by atoms with van der Waals surface area (Å²) >= 11 is 0. The molecular formula is C15H20N4O2. The minimum atomic E-state index is 0.0293. The number of nitrogens with one attached hydrogen (secondary N) is 1. The number of rotatable bonds is 6. The molecule has 21 heavy (non-hydrogen) atoms. The fraction of sp³-hybridized carbons (Fsp3) is 0.400. The first-order valence-corrected chi connectivity index (χ1v) is 6.92. The van der Waals surface area contributed by atoms with Gasteiger partial charge in [-0.1, -0.05) is 12.1 Å². The molecule has 1 amide bonds. The first-order valence-electron chi connectivity index (χ1n) is 6.92. The van der Waals surface area contributed by atoms with E-state index in [2.05, 4.69) is 15.2 Å². The Balaban J connectivity index is 1.90. The van der Waals surface area contributed by atoms with Crippen LogP contribution >= 0.6 is 0 Å². The number of likely N-dealkylation sites (N-methyl/N-ethyl adjacent to an activating group) is 1.